The van der Waals surface area contributed by atoms with Crippen LogP contribution in [-0.2, 0) is 18.9 Å². The molecular weight excluding hydrogens is 512 g/mol. The maximum atomic E-state index is 5.97. The Labute approximate surface area is 251 Å². The zero-order chi connectivity index (χ0) is 31.1. The highest BCUT2D eigenvalue weighted by Crippen LogP contribution is 2.20. The third-order valence-corrected chi connectivity index (χ3v) is 5.69. The van der Waals surface area contributed by atoms with Crippen molar-refractivity contribution in [1.29, 1.82) is 0 Å². The van der Waals surface area contributed by atoms with Crippen LogP contribution in [-0.4, -0.2) is 62.4 Å². The van der Waals surface area contributed by atoms with E-state index in [0.29, 0.717) is 17.9 Å². The van der Waals surface area contributed by atoms with Gasteiger partial charge in [-0.15, -0.1) is 0 Å². The summed E-state index contributed by atoms with van der Waals surface area (Å²) in [5.74, 6) is 0.935. The molecule has 2 N–H and O–H groups in total. The molecule has 1 saturated heterocycles. The number of epoxide rings is 1. The molecule has 3 rings (SSSR count). The number of rotatable bonds is 11. The van der Waals surface area contributed by atoms with Gasteiger partial charge in [-0.2, -0.15) is 0 Å². The molecule has 3 atom stereocenters. The Morgan fingerprint density at radius 3 is 1.41 bits per heavy atom. The molecular formula is C35H60N2O4. The second kappa shape index (κ2) is 17.7. The van der Waals surface area contributed by atoms with Gasteiger partial charge in [-0.25, -0.2) is 0 Å². The van der Waals surface area contributed by atoms with Crippen molar-refractivity contribution < 1.29 is 18.9 Å². The molecule has 0 saturated carbocycles. The van der Waals surface area contributed by atoms with Crippen molar-refractivity contribution in [1.82, 2.24) is 0 Å². The largest absolute Gasteiger partial charge is 0.399 e. The molecule has 41 heavy (non-hydrogen) atoms. The van der Waals surface area contributed by atoms with Crippen LogP contribution in [0.25, 0.3) is 0 Å². The third kappa shape index (κ3) is 22.2. The molecule has 0 bridgehead atoms. The summed E-state index contributed by atoms with van der Waals surface area (Å²) in [7, 11) is 0. The molecule has 0 aromatic heterocycles. The van der Waals surface area contributed by atoms with E-state index < -0.39 is 0 Å². The van der Waals surface area contributed by atoms with E-state index in [-0.39, 0.29) is 16.8 Å². The van der Waals surface area contributed by atoms with E-state index in [9.17, 15) is 0 Å². The van der Waals surface area contributed by atoms with Crippen molar-refractivity contribution in [2.75, 3.05) is 50.2 Å². The maximum Gasteiger partial charge on any atom is 0.104 e. The molecule has 0 aliphatic carbocycles. The fraction of sp³-hybridized carbons (Fsp3) is 0.657. The number of hydrogen-bond donors (Lipinski definition) is 1. The normalized spacial score (nSPS) is 16.4. The zero-order valence-electron chi connectivity index (χ0n) is 27.9. The summed E-state index contributed by atoms with van der Waals surface area (Å²) in [6.45, 7) is 28.5. The highest BCUT2D eigenvalue weighted by Gasteiger charge is 2.25. The van der Waals surface area contributed by atoms with E-state index in [4.69, 9.17) is 24.7 Å². The molecule has 0 radical (unpaired) electrons. The Hall–Kier alpha value is -2.12. The molecule has 1 aliphatic rings. The Kier molecular flexibility index (Phi) is 16.0. The van der Waals surface area contributed by atoms with Gasteiger partial charge in [0.2, 0.25) is 0 Å². The average Bonchev–Trinajstić information content (AvgIpc) is 3.70. The Morgan fingerprint density at radius 2 is 1.10 bits per heavy atom. The van der Waals surface area contributed by atoms with E-state index in [1.165, 1.54) is 5.69 Å². The summed E-state index contributed by atoms with van der Waals surface area (Å²) < 4.78 is 22.4. The van der Waals surface area contributed by atoms with Crippen LogP contribution in [0.1, 0.15) is 76.2 Å². The molecule has 1 aliphatic heterocycles. The zero-order valence-corrected chi connectivity index (χ0v) is 27.9. The van der Waals surface area contributed by atoms with Crippen LogP contribution in [0.5, 0.6) is 0 Å². The SMILES string of the molecule is CC(C)(C)OCC1CO1.CC(COC(C)(C)C)CN(CC(C)COC(C)(C)C)c1ccccc1.Nc1ccccc1. The van der Waals surface area contributed by atoms with Gasteiger partial charge in [-0.05, 0) is 98.4 Å². The highest BCUT2D eigenvalue weighted by molar-refractivity contribution is 5.46. The van der Waals surface area contributed by atoms with E-state index in [1.807, 2.05) is 30.3 Å². The van der Waals surface area contributed by atoms with Crippen molar-refractivity contribution in [2.24, 2.45) is 11.8 Å². The fourth-order valence-corrected chi connectivity index (χ4v) is 3.53. The molecule has 6 nitrogen and oxygen atoms in total. The van der Waals surface area contributed by atoms with Crippen molar-refractivity contribution >= 4 is 11.4 Å². The Morgan fingerprint density at radius 1 is 0.707 bits per heavy atom. The van der Waals surface area contributed by atoms with Gasteiger partial charge in [-0.3, -0.25) is 0 Å². The number of hydrogen-bond acceptors (Lipinski definition) is 6. The monoisotopic (exact) mass is 572 g/mol. The molecule has 0 spiro atoms. The summed E-state index contributed by atoms with van der Waals surface area (Å²) in [5, 5.41) is 0. The number of anilines is 2. The van der Waals surface area contributed by atoms with Crippen molar-refractivity contribution in [3.8, 4) is 0 Å². The lowest BCUT2D eigenvalue weighted by atomic mass is 10.1. The number of para-hydroxylation sites is 2. The van der Waals surface area contributed by atoms with Gasteiger partial charge in [0, 0.05) is 24.5 Å². The summed E-state index contributed by atoms with van der Waals surface area (Å²) in [6.07, 6.45) is 0.393. The Bertz CT molecular complexity index is 887. The smallest absolute Gasteiger partial charge is 0.104 e. The first kappa shape index (κ1) is 36.9. The van der Waals surface area contributed by atoms with Gasteiger partial charge in [0.1, 0.15) is 6.10 Å². The minimum Gasteiger partial charge on any atom is -0.399 e. The van der Waals surface area contributed by atoms with Crippen LogP contribution >= 0.6 is 0 Å². The number of benzene rings is 2. The lowest BCUT2D eigenvalue weighted by Crippen LogP contribution is -2.37. The van der Waals surface area contributed by atoms with Gasteiger partial charge in [0.15, 0.2) is 0 Å². The first-order valence-electron chi connectivity index (χ1n) is 15.1. The second-order valence-electron chi connectivity index (χ2n) is 14.1. The average molecular weight is 573 g/mol. The highest BCUT2D eigenvalue weighted by atomic mass is 16.6. The number of nitrogen functional groups attached to an aromatic ring is 1. The van der Waals surface area contributed by atoms with Crippen molar-refractivity contribution in [2.45, 2.75) is 99.1 Å². The minimum absolute atomic E-state index is 0.00799. The predicted molar refractivity (Wildman–Crippen MR) is 175 cm³/mol. The maximum absolute atomic E-state index is 5.97. The molecule has 2 aromatic rings. The lowest BCUT2D eigenvalue weighted by Gasteiger charge is -2.32. The topological polar surface area (TPSA) is 69.5 Å². The van der Waals surface area contributed by atoms with Gasteiger partial charge >= 0.3 is 0 Å². The molecule has 6 heteroatoms. The van der Waals surface area contributed by atoms with Gasteiger partial charge in [0.25, 0.3) is 0 Å². The van der Waals surface area contributed by atoms with Crippen LogP contribution in [0.15, 0.2) is 60.7 Å². The van der Waals surface area contributed by atoms with Crippen LogP contribution in [0.4, 0.5) is 11.4 Å². The summed E-state index contributed by atoms with van der Waals surface area (Å²) in [6, 6.07) is 20.1. The summed E-state index contributed by atoms with van der Waals surface area (Å²) in [4.78, 5) is 2.47. The third-order valence-electron chi connectivity index (χ3n) is 5.69. The van der Waals surface area contributed by atoms with E-state index in [2.05, 4.69) is 111 Å². The van der Waals surface area contributed by atoms with Gasteiger partial charge < -0.3 is 29.6 Å². The first-order chi connectivity index (χ1) is 18.9. The van der Waals surface area contributed by atoms with Gasteiger partial charge in [0.05, 0.1) is 43.2 Å². The van der Waals surface area contributed by atoms with Crippen molar-refractivity contribution in [3.63, 3.8) is 0 Å². The number of nitrogens with zero attached hydrogens (tertiary/aromatic N) is 1. The van der Waals surface area contributed by atoms with Gasteiger partial charge in [-0.1, -0.05) is 50.2 Å². The van der Waals surface area contributed by atoms with Crippen molar-refractivity contribution in [3.05, 3.63) is 60.7 Å². The molecule has 1 fully saturated rings. The summed E-state index contributed by atoms with van der Waals surface area (Å²) in [5.41, 5.74) is 7.28. The van der Waals surface area contributed by atoms with E-state index >= 15 is 0 Å². The molecule has 1 heterocycles. The summed E-state index contributed by atoms with van der Waals surface area (Å²) >= 11 is 0. The Balaban J connectivity index is 0.000000420. The molecule has 0 amide bonds. The molecule has 3 unspecified atom stereocenters. The van der Waals surface area contributed by atoms with E-state index in [1.54, 1.807) is 0 Å². The van der Waals surface area contributed by atoms with Crippen LogP contribution in [0.2, 0.25) is 0 Å². The quantitative estimate of drug-likeness (QED) is 0.218. The fourth-order valence-electron chi connectivity index (χ4n) is 3.53. The van der Waals surface area contributed by atoms with Crippen LogP contribution < -0.4 is 10.6 Å². The number of ether oxygens (including phenoxy) is 4. The molecule has 234 valence electrons. The number of nitrogens with two attached hydrogens (primary N) is 1. The van der Waals surface area contributed by atoms with Crippen LogP contribution in [0, 0.1) is 11.8 Å². The second-order valence-corrected chi connectivity index (χ2v) is 14.1. The lowest BCUT2D eigenvalue weighted by molar-refractivity contribution is -0.0210. The predicted octanol–water partition coefficient (Wildman–Crippen LogP) is 7.86. The standard InChI is InChI=1S/C22H39NO2.C7H14O2.C6H7N/c1-18(16-24-21(3,4)5)14-23(20-12-10-9-11-13-20)15-19(2)17-25-22(6,7)8;1-7(2,3)9-5-6-4-8-6;7-6-4-2-1-3-5-6/h9-13,18-19H,14-17H2,1-8H3;6H,4-5H2,1-3H3;1-5H,7H2. The molecule has 2 aromatic carbocycles. The first-order valence-corrected chi connectivity index (χ1v) is 15.1. The van der Waals surface area contributed by atoms with Crippen LogP contribution in [0.3, 0.4) is 0 Å². The minimum atomic E-state index is -0.0837. The van der Waals surface area contributed by atoms with E-state index in [0.717, 1.165) is 45.2 Å².